The van der Waals surface area contributed by atoms with Gasteiger partial charge in [-0.05, 0) is 30.3 Å². The fourth-order valence-electron chi connectivity index (χ4n) is 2.61. The molecule has 7 nitrogen and oxygen atoms in total. The molecule has 8 heteroatoms. The number of hydrogen-bond acceptors (Lipinski definition) is 4. The first-order valence-corrected chi connectivity index (χ1v) is 8.20. The number of benzene rings is 1. The molecule has 0 saturated carbocycles. The van der Waals surface area contributed by atoms with Crippen molar-refractivity contribution in [3.05, 3.63) is 52.8 Å². The quantitative estimate of drug-likeness (QED) is 0.752. The van der Waals surface area contributed by atoms with Crippen molar-refractivity contribution in [2.45, 2.75) is 18.6 Å². The molecule has 3 rings (SSSR count). The lowest BCUT2D eigenvalue weighted by molar-refractivity contribution is -0.00294. The number of aromatic amines is 1. The summed E-state index contributed by atoms with van der Waals surface area (Å²) in [6.07, 6.45) is 1.93. The van der Waals surface area contributed by atoms with Crippen molar-refractivity contribution >= 4 is 23.4 Å². The van der Waals surface area contributed by atoms with Crippen molar-refractivity contribution in [1.29, 1.82) is 0 Å². The number of hydrogen-bond donors (Lipinski definition) is 3. The third-order valence-electron chi connectivity index (χ3n) is 3.93. The minimum Gasteiger partial charge on any atom is -0.488 e. The number of ether oxygens (including phenoxy) is 2. The summed E-state index contributed by atoms with van der Waals surface area (Å²) in [5, 5.41) is 3.36. The summed E-state index contributed by atoms with van der Waals surface area (Å²) in [6.45, 7) is 0.898. The van der Waals surface area contributed by atoms with E-state index in [1.54, 1.807) is 36.5 Å². The first-order chi connectivity index (χ1) is 12.0. The SMILES string of the molecule is NC(=O)c1ccc(O[C@@H]2CCOC[C@H]2NC(=O)c2cc(Cl)c[nH]2)cc1. The van der Waals surface area contributed by atoms with Crippen LogP contribution in [0.3, 0.4) is 0 Å². The Bertz CT molecular complexity index is 760. The predicted octanol–water partition coefficient (Wildman–Crippen LogP) is 1.73. The topological polar surface area (TPSA) is 106 Å². The monoisotopic (exact) mass is 363 g/mol. The van der Waals surface area contributed by atoms with Gasteiger partial charge in [-0.25, -0.2) is 0 Å². The van der Waals surface area contributed by atoms with Gasteiger partial charge in [-0.2, -0.15) is 0 Å². The Morgan fingerprint density at radius 3 is 2.72 bits per heavy atom. The predicted molar refractivity (Wildman–Crippen MR) is 91.9 cm³/mol. The molecule has 2 aromatic rings. The molecule has 2 heterocycles. The molecule has 0 spiro atoms. The van der Waals surface area contributed by atoms with Gasteiger partial charge >= 0.3 is 0 Å². The van der Waals surface area contributed by atoms with Crippen LogP contribution in [-0.4, -0.2) is 42.2 Å². The van der Waals surface area contributed by atoms with E-state index in [9.17, 15) is 9.59 Å². The Morgan fingerprint density at radius 1 is 1.32 bits per heavy atom. The number of carbonyl (C=O) groups is 2. The maximum absolute atomic E-state index is 12.3. The van der Waals surface area contributed by atoms with Crippen LogP contribution in [-0.2, 0) is 4.74 Å². The Balaban J connectivity index is 1.66. The van der Waals surface area contributed by atoms with E-state index in [2.05, 4.69) is 10.3 Å². The number of rotatable bonds is 5. The van der Waals surface area contributed by atoms with Crippen molar-refractivity contribution < 1.29 is 19.1 Å². The Labute approximate surface area is 149 Å². The number of primary amides is 1. The van der Waals surface area contributed by atoms with Crippen LogP contribution in [0.4, 0.5) is 0 Å². The van der Waals surface area contributed by atoms with E-state index in [4.69, 9.17) is 26.8 Å². The molecule has 1 fully saturated rings. The molecule has 2 amide bonds. The number of aromatic nitrogens is 1. The molecule has 2 atom stereocenters. The second-order valence-corrected chi connectivity index (χ2v) is 6.16. The van der Waals surface area contributed by atoms with Crippen LogP contribution in [0, 0.1) is 0 Å². The molecule has 1 aromatic heterocycles. The van der Waals surface area contributed by atoms with Gasteiger partial charge in [0.25, 0.3) is 5.91 Å². The van der Waals surface area contributed by atoms with Crippen molar-refractivity contribution in [3.8, 4) is 5.75 Å². The average Bonchev–Trinajstić information content (AvgIpc) is 3.04. The summed E-state index contributed by atoms with van der Waals surface area (Å²) in [6, 6.07) is 7.81. The van der Waals surface area contributed by atoms with Gasteiger partial charge in [0, 0.05) is 18.2 Å². The third-order valence-corrected chi connectivity index (χ3v) is 4.15. The van der Waals surface area contributed by atoms with Gasteiger partial charge in [-0.3, -0.25) is 9.59 Å². The van der Waals surface area contributed by atoms with Crippen molar-refractivity contribution in [3.63, 3.8) is 0 Å². The standard InChI is InChI=1S/C17H18ClN3O4/c18-11-7-13(20-8-11)17(23)21-14-9-24-6-5-15(14)25-12-3-1-10(2-4-12)16(19)22/h1-4,7-8,14-15,20H,5-6,9H2,(H2,19,22)(H,21,23)/t14-,15-/m1/s1. The molecule has 1 saturated heterocycles. The summed E-state index contributed by atoms with van der Waals surface area (Å²) < 4.78 is 11.4. The molecule has 0 bridgehead atoms. The minimum absolute atomic E-state index is 0.248. The van der Waals surface area contributed by atoms with Gasteiger partial charge in [0.2, 0.25) is 5.91 Å². The van der Waals surface area contributed by atoms with Crippen LogP contribution < -0.4 is 15.8 Å². The fourth-order valence-corrected chi connectivity index (χ4v) is 2.78. The lowest BCUT2D eigenvalue weighted by atomic mass is 10.1. The van der Waals surface area contributed by atoms with E-state index >= 15 is 0 Å². The van der Waals surface area contributed by atoms with E-state index in [1.165, 1.54) is 0 Å². The number of H-pyrrole nitrogens is 1. The molecule has 1 aromatic carbocycles. The maximum Gasteiger partial charge on any atom is 0.268 e. The van der Waals surface area contributed by atoms with Crippen molar-refractivity contribution in [2.75, 3.05) is 13.2 Å². The highest BCUT2D eigenvalue weighted by Gasteiger charge is 2.29. The molecule has 1 aliphatic rings. The van der Waals surface area contributed by atoms with Crippen LogP contribution in [0.1, 0.15) is 27.3 Å². The van der Waals surface area contributed by atoms with E-state index < -0.39 is 5.91 Å². The largest absolute Gasteiger partial charge is 0.488 e. The van der Waals surface area contributed by atoms with Crippen LogP contribution >= 0.6 is 11.6 Å². The first kappa shape index (κ1) is 17.3. The second kappa shape index (κ2) is 7.58. The molecule has 0 unspecified atom stereocenters. The summed E-state index contributed by atoms with van der Waals surface area (Å²) in [5.41, 5.74) is 6.01. The van der Waals surface area contributed by atoms with Gasteiger partial charge < -0.3 is 25.5 Å². The number of halogens is 1. The highest BCUT2D eigenvalue weighted by Crippen LogP contribution is 2.19. The van der Waals surface area contributed by atoms with Gasteiger partial charge in [0.15, 0.2) is 0 Å². The molecule has 1 aliphatic heterocycles. The van der Waals surface area contributed by atoms with E-state index in [-0.39, 0.29) is 18.1 Å². The van der Waals surface area contributed by atoms with Gasteiger partial charge in [0.05, 0.1) is 24.3 Å². The second-order valence-electron chi connectivity index (χ2n) is 5.72. The highest BCUT2D eigenvalue weighted by molar-refractivity contribution is 6.30. The summed E-state index contributed by atoms with van der Waals surface area (Å²) in [7, 11) is 0. The molecule has 4 N–H and O–H groups in total. The normalized spacial score (nSPS) is 20.0. The maximum atomic E-state index is 12.3. The fraction of sp³-hybridized carbons (Fsp3) is 0.294. The van der Waals surface area contributed by atoms with Gasteiger partial charge in [0.1, 0.15) is 17.5 Å². The average molecular weight is 364 g/mol. The smallest absolute Gasteiger partial charge is 0.268 e. The molecule has 0 aliphatic carbocycles. The first-order valence-electron chi connectivity index (χ1n) is 7.82. The zero-order valence-corrected chi connectivity index (χ0v) is 14.1. The van der Waals surface area contributed by atoms with Crippen LogP contribution in [0.2, 0.25) is 5.02 Å². The van der Waals surface area contributed by atoms with Gasteiger partial charge in [-0.1, -0.05) is 11.6 Å². The molecule has 0 radical (unpaired) electrons. The van der Waals surface area contributed by atoms with E-state index in [0.717, 1.165) is 0 Å². The zero-order chi connectivity index (χ0) is 17.8. The number of nitrogens with one attached hydrogen (secondary N) is 2. The lowest BCUT2D eigenvalue weighted by Gasteiger charge is -2.32. The van der Waals surface area contributed by atoms with Crippen LogP contribution in [0.15, 0.2) is 36.5 Å². The molecule has 132 valence electrons. The van der Waals surface area contributed by atoms with Crippen LogP contribution in [0.5, 0.6) is 5.75 Å². The van der Waals surface area contributed by atoms with Gasteiger partial charge in [-0.15, -0.1) is 0 Å². The number of carbonyl (C=O) groups excluding carboxylic acids is 2. The van der Waals surface area contributed by atoms with E-state index in [0.29, 0.717) is 41.7 Å². The minimum atomic E-state index is -0.493. The molecular weight excluding hydrogens is 346 g/mol. The summed E-state index contributed by atoms with van der Waals surface area (Å²) >= 11 is 5.82. The van der Waals surface area contributed by atoms with Crippen molar-refractivity contribution in [1.82, 2.24) is 10.3 Å². The summed E-state index contributed by atoms with van der Waals surface area (Å²) in [4.78, 5) is 26.2. The Kier molecular flexibility index (Phi) is 5.25. The molecule has 25 heavy (non-hydrogen) atoms. The number of amides is 2. The molecular formula is C17H18ClN3O4. The third kappa shape index (κ3) is 4.32. The summed E-state index contributed by atoms with van der Waals surface area (Å²) in [5.74, 6) is -0.175. The Morgan fingerprint density at radius 2 is 2.08 bits per heavy atom. The number of nitrogens with two attached hydrogens (primary N) is 1. The lowest BCUT2D eigenvalue weighted by Crippen LogP contribution is -2.51. The zero-order valence-electron chi connectivity index (χ0n) is 13.3. The van der Waals surface area contributed by atoms with Crippen molar-refractivity contribution in [2.24, 2.45) is 5.73 Å². The Hall–Kier alpha value is -2.51. The highest BCUT2D eigenvalue weighted by atomic mass is 35.5. The van der Waals surface area contributed by atoms with Crippen LogP contribution in [0.25, 0.3) is 0 Å². The van der Waals surface area contributed by atoms with E-state index in [1.807, 2.05) is 0 Å².